The SMILES string of the molecule is CC(C)S(=O)(=O)c1c(N)ccc(C(=O)c2ccccc2)c1N. The van der Waals surface area contributed by atoms with Gasteiger partial charge in [0.05, 0.1) is 16.6 Å². The van der Waals surface area contributed by atoms with Gasteiger partial charge in [-0.05, 0) is 26.0 Å². The Hall–Kier alpha value is -2.34. The van der Waals surface area contributed by atoms with Crippen LogP contribution in [-0.2, 0) is 9.84 Å². The number of anilines is 2. The van der Waals surface area contributed by atoms with Gasteiger partial charge in [0.2, 0.25) is 0 Å². The summed E-state index contributed by atoms with van der Waals surface area (Å²) in [7, 11) is -3.68. The Balaban J connectivity index is 2.65. The molecule has 6 heteroatoms. The molecule has 0 heterocycles. The fraction of sp³-hybridized carbons (Fsp3) is 0.188. The lowest BCUT2D eigenvalue weighted by molar-refractivity contribution is 0.103. The van der Waals surface area contributed by atoms with Crippen molar-refractivity contribution in [2.75, 3.05) is 11.5 Å². The number of hydrogen-bond acceptors (Lipinski definition) is 5. The highest BCUT2D eigenvalue weighted by atomic mass is 32.2. The van der Waals surface area contributed by atoms with Gasteiger partial charge in [-0.15, -0.1) is 0 Å². The summed E-state index contributed by atoms with van der Waals surface area (Å²) >= 11 is 0. The topological polar surface area (TPSA) is 103 Å². The molecule has 2 aromatic carbocycles. The van der Waals surface area contributed by atoms with E-state index >= 15 is 0 Å². The fourth-order valence-corrected chi connectivity index (χ4v) is 3.40. The molecule has 0 bridgehead atoms. The van der Waals surface area contributed by atoms with Crippen molar-refractivity contribution in [3.63, 3.8) is 0 Å². The standard InChI is InChI=1S/C16H18N2O3S/c1-10(2)22(20,21)16-13(17)9-8-12(14(16)18)15(19)11-6-4-3-5-7-11/h3-10H,17-18H2,1-2H3. The van der Waals surface area contributed by atoms with E-state index in [0.29, 0.717) is 5.56 Å². The van der Waals surface area contributed by atoms with Gasteiger partial charge in [0.1, 0.15) is 4.90 Å². The Labute approximate surface area is 129 Å². The first kappa shape index (κ1) is 16.0. The molecule has 0 aliphatic heterocycles. The van der Waals surface area contributed by atoms with E-state index in [1.807, 2.05) is 0 Å². The first-order valence-electron chi connectivity index (χ1n) is 6.78. The van der Waals surface area contributed by atoms with Crippen LogP contribution in [0.3, 0.4) is 0 Å². The number of carbonyl (C=O) groups is 1. The minimum Gasteiger partial charge on any atom is -0.398 e. The van der Waals surface area contributed by atoms with Gasteiger partial charge in [-0.3, -0.25) is 4.79 Å². The molecule has 22 heavy (non-hydrogen) atoms. The molecule has 0 atom stereocenters. The number of hydrogen-bond donors (Lipinski definition) is 2. The highest BCUT2D eigenvalue weighted by molar-refractivity contribution is 7.92. The predicted molar refractivity (Wildman–Crippen MR) is 87.5 cm³/mol. The molecule has 2 aromatic rings. The van der Waals surface area contributed by atoms with Crippen molar-refractivity contribution in [3.05, 3.63) is 53.6 Å². The minimum atomic E-state index is -3.68. The lowest BCUT2D eigenvalue weighted by atomic mass is 10.0. The first-order chi connectivity index (χ1) is 10.3. The third-order valence-electron chi connectivity index (χ3n) is 3.41. The zero-order valence-electron chi connectivity index (χ0n) is 12.4. The molecular formula is C16H18N2O3S. The largest absolute Gasteiger partial charge is 0.398 e. The maximum absolute atomic E-state index is 12.5. The molecule has 0 unspecified atom stereocenters. The fourth-order valence-electron chi connectivity index (χ4n) is 2.11. The van der Waals surface area contributed by atoms with Crippen LogP contribution in [0.15, 0.2) is 47.4 Å². The van der Waals surface area contributed by atoms with E-state index < -0.39 is 15.1 Å². The Morgan fingerprint density at radius 1 is 1.00 bits per heavy atom. The lowest BCUT2D eigenvalue weighted by Crippen LogP contribution is -2.19. The predicted octanol–water partition coefficient (Wildman–Crippen LogP) is 2.26. The zero-order valence-corrected chi connectivity index (χ0v) is 13.2. The van der Waals surface area contributed by atoms with E-state index in [0.717, 1.165) is 0 Å². The molecule has 0 aliphatic rings. The van der Waals surface area contributed by atoms with Gasteiger partial charge in [-0.2, -0.15) is 0 Å². The van der Waals surface area contributed by atoms with Crippen molar-refractivity contribution in [2.45, 2.75) is 24.0 Å². The summed E-state index contributed by atoms with van der Waals surface area (Å²) in [5.74, 6) is -0.335. The van der Waals surface area contributed by atoms with Crippen LogP contribution in [0.2, 0.25) is 0 Å². The quantitative estimate of drug-likeness (QED) is 0.665. The Bertz CT molecular complexity index is 813. The summed E-state index contributed by atoms with van der Waals surface area (Å²) < 4.78 is 24.8. The van der Waals surface area contributed by atoms with Crippen LogP contribution in [0.5, 0.6) is 0 Å². The van der Waals surface area contributed by atoms with Crippen molar-refractivity contribution in [2.24, 2.45) is 0 Å². The molecule has 0 aromatic heterocycles. The number of benzene rings is 2. The maximum Gasteiger partial charge on any atom is 0.195 e. The molecule has 0 amide bonds. The molecule has 0 fully saturated rings. The van der Waals surface area contributed by atoms with Gasteiger partial charge in [0.25, 0.3) is 0 Å². The van der Waals surface area contributed by atoms with E-state index in [1.54, 1.807) is 44.2 Å². The van der Waals surface area contributed by atoms with Crippen LogP contribution in [0.4, 0.5) is 11.4 Å². The number of carbonyl (C=O) groups excluding carboxylic acids is 1. The molecule has 2 rings (SSSR count). The Kier molecular flexibility index (Phi) is 4.23. The van der Waals surface area contributed by atoms with E-state index in [1.165, 1.54) is 12.1 Å². The summed E-state index contributed by atoms with van der Waals surface area (Å²) in [6, 6.07) is 11.4. The maximum atomic E-state index is 12.5. The lowest BCUT2D eigenvalue weighted by Gasteiger charge is -2.15. The van der Waals surface area contributed by atoms with Gasteiger partial charge in [0, 0.05) is 11.1 Å². The van der Waals surface area contributed by atoms with Crippen LogP contribution in [0.25, 0.3) is 0 Å². The van der Waals surface area contributed by atoms with Crippen molar-refractivity contribution >= 4 is 27.0 Å². The highest BCUT2D eigenvalue weighted by Crippen LogP contribution is 2.32. The highest BCUT2D eigenvalue weighted by Gasteiger charge is 2.27. The summed E-state index contributed by atoms with van der Waals surface area (Å²) in [5, 5.41) is -0.681. The second-order valence-corrected chi connectivity index (χ2v) is 7.68. The zero-order chi connectivity index (χ0) is 16.5. The van der Waals surface area contributed by atoms with Gasteiger partial charge in [-0.25, -0.2) is 8.42 Å². The van der Waals surface area contributed by atoms with Gasteiger partial charge in [-0.1, -0.05) is 30.3 Å². The average Bonchev–Trinajstić information content (AvgIpc) is 2.47. The third kappa shape index (κ3) is 2.69. The molecule has 116 valence electrons. The van der Waals surface area contributed by atoms with Crippen LogP contribution in [0, 0.1) is 0 Å². The van der Waals surface area contributed by atoms with E-state index in [2.05, 4.69) is 0 Å². The number of nitrogens with two attached hydrogens (primary N) is 2. The molecule has 0 saturated heterocycles. The number of nitrogen functional groups attached to an aromatic ring is 2. The Morgan fingerprint density at radius 2 is 1.59 bits per heavy atom. The molecule has 5 nitrogen and oxygen atoms in total. The molecule has 0 spiro atoms. The van der Waals surface area contributed by atoms with Crippen molar-refractivity contribution in [1.82, 2.24) is 0 Å². The van der Waals surface area contributed by atoms with E-state index in [9.17, 15) is 13.2 Å². The summed E-state index contributed by atoms with van der Waals surface area (Å²) in [6.07, 6.45) is 0. The third-order valence-corrected chi connectivity index (χ3v) is 5.68. The summed E-state index contributed by atoms with van der Waals surface area (Å²) in [5.41, 5.74) is 12.3. The Morgan fingerprint density at radius 3 is 2.14 bits per heavy atom. The van der Waals surface area contributed by atoms with Crippen molar-refractivity contribution < 1.29 is 13.2 Å². The van der Waals surface area contributed by atoms with Crippen LogP contribution >= 0.6 is 0 Å². The molecule has 0 saturated carbocycles. The second-order valence-electron chi connectivity index (χ2n) is 5.23. The molecule has 4 N–H and O–H groups in total. The smallest absolute Gasteiger partial charge is 0.195 e. The number of rotatable bonds is 4. The summed E-state index contributed by atoms with van der Waals surface area (Å²) in [4.78, 5) is 12.3. The van der Waals surface area contributed by atoms with Gasteiger partial charge < -0.3 is 11.5 Å². The van der Waals surface area contributed by atoms with E-state index in [4.69, 9.17) is 11.5 Å². The monoisotopic (exact) mass is 318 g/mol. The van der Waals surface area contributed by atoms with Crippen molar-refractivity contribution in [1.29, 1.82) is 0 Å². The van der Waals surface area contributed by atoms with Crippen LogP contribution < -0.4 is 11.5 Å². The normalized spacial score (nSPS) is 11.6. The first-order valence-corrected chi connectivity index (χ1v) is 8.33. The van der Waals surface area contributed by atoms with Crippen molar-refractivity contribution in [3.8, 4) is 0 Å². The minimum absolute atomic E-state index is 0.0517. The van der Waals surface area contributed by atoms with Gasteiger partial charge in [0.15, 0.2) is 15.6 Å². The van der Waals surface area contributed by atoms with Crippen LogP contribution in [0.1, 0.15) is 29.8 Å². The number of sulfone groups is 1. The summed E-state index contributed by atoms with van der Waals surface area (Å²) in [6.45, 7) is 3.08. The molecular weight excluding hydrogens is 300 g/mol. The van der Waals surface area contributed by atoms with E-state index in [-0.39, 0.29) is 27.6 Å². The second kappa shape index (κ2) is 5.81. The molecule has 0 radical (unpaired) electrons. The van der Waals surface area contributed by atoms with Crippen LogP contribution in [-0.4, -0.2) is 19.5 Å². The number of ketones is 1. The average molecular weight is 318 g/mol. The molecule has 0 aliphatic carbocycles. The van der Waals surface area contributed by atoms with Gasteiger partial charge >= 0.3 is 0 Å².